The molecular formula is C48H60N6O6. The fourth-order valence-electron chi connectivity index (χ4n) is 8.94. The van der Waals surface area contributed by atoms with Gasteiger partial charge in [-0.25, -0.2) is 0 Å². The molecule has 3 aromatic carbocycles. The van der Waals surface area contributed by atoms with E-state index in [0.717, 1.165) is 81.4 Å². The SMILES string of the molecule is CC(C)[C@H](NC(=O)[C@H](C)N)C(=O)N1CCC[C@H]1Cc1c(-c2ccc(-c3oc4ccccc4c3C[C@@H]3CCCN3C(=O)[C@@H](NC(=O)[C@H](C)N)C(C)C)cc2)oc2ccccc12. The van der Waals surface area contributed by atoms with E-state index in [1.54, 1.807) is 13.8 Å². The molecule has 0 spiro atoms. The molecule has 0 saturated carbocycles. The van der Waals surface area contributed by atoms with Gasteiger partial charge in [-0.3, -0.25) is 19.2 Å². The van der Waals surface area contributed by atoms with Crippen molar-refractivity contribution in [2.75, 3.05) is 13.1 Å². The second-order valence-electron chi connectivity index (χ2n) is 17.5. The van der Waals surface area contributed by atoms with Crippen molar-refractivity contribution in [1.29, 1.82) is 0 Å². The van der Waals surface area contributed by atoms with E-state index in [2.05, 4.69) is 47.0 Å². The van der Waals surface area contributed by atoms with Crippen LogP contribution in [0.2, 0.25) is 0 Å². The van der Waals surface area contributed by atoms with E-state index in [4.69, 9.17) is 20.3 Å². The van der Waals surface area contributed by atoms with Crippen LogP contribution in [-0.2, 0) is 32.0 Å². The maximum atomic E-state index is 14.0. The number of furan rings is 2. The lowest BCUT2D eigenvalue weighted by Crippen LogP contribution is -2.55. The maximum absolute atomic E-state index is 14.0. The van der Waals surface area contributed by atoms with Crippen molar-refractivity contribution in [2.24, 2.45) is 23.3 Å². The molecule has 12 heteroatoms. The Morgan fingerprint density at radius 3 is 1.32 bits per heavy atom. The van der Waals surface area contributed by atoms with Gasteiger partial charge in [0.05, 0.1) is 12.1 Å². The first-order valence-electron chi connectivity index (χ1n) is 21.6. The van der Waals surface area contributed by atoms with E-state index in [1.165, 1.54) is 0 Å². The van der Waals surface area contributed by atoms with Crippen LogP contribution in [0.25, 0.3) is 44.6 Å². The second-order valence-corrected chi connectivity index (χ2v) is 17.5. The fourth-order valence-corrected chi connectivity index (χ4v) is 8.94. The molecule has 4 heterocycles. The van der Waals surface area contributed by atoms with E-state index >= 15 is 0 Å². The molecule has 6 atom stereocenters. The second kappa shape index (κ2) is 18.0. The number of nitrogens with zero attached hydrogens (tertiary/aromatic N) is 2. The summed E-state index contributed by atoms with van der Waals surface area (Å²) in [6.07, 6.45) is 4.63. The summed E-state index contributed by atoms with van der Waals surface area (Å²) in [5, 5.41) is 7.81. The van der Waals surface area contributed by atoms with Crippen LogP contribution in [0.4, 0.5) is 0 Å². The van der Waals surface area contributed by atoms with Gasteiger partial charge in [-0.15, -0.1) is 0 Å². The molecule has 318 valence electrons. The van der Waals surface area contributed by atoms with Crippen molar-refractivity contribution in [3.05, 3.63) is 83.9 Å². The molecule has 0 unspecified atom stereocenters. The van der Waals surface area contributed by atoms with Gasteiger partial charge < -0.3 is 40.7 Å². The smallest absolute Gasteiger partial charge is 0.245 e. The van der Waals surface area contributed by atoms with Crippen LogP contribution in [0.1, 0.15) is 78.4 Å². The van der Waals surface area contributed by atoms with Crippen molar-refractivity contribution in [1.82, 2.24) is 20.4 Å². The zero-order chi connectivity index (χ0) is 42.8. The summed E-state index contributed by atoms with van der Waals surface area (Å²) in [7, 11) is 0. The van der Waals surface area contributed by atoms with Crippen LogP contribution in [0.5, 0.6) is 0 Å². The molecule has 12 nitrogen and oxygen atoms in total. The van der Waals surface area contributed by atoms with E-state index in [-0.39, 0.29) is 47.5 Å². The van der Waals surface area contributed by atoms with Gasteiger partial charge in [0, 0.05) is 58.2 Å². The average Bonchev–Trinajstić information content (AvgIpc) is 4.04. The molecule has 7 rings (SSSR count). The van der Waals surface area contributed by atoms with Gasteiger partial charge in [0.1, 0.15) is 34.8 Å². The number of carbonyl (C=O) groups is 4. The summed E-state index contributed by atoms with van der Waals surface area (Å²) < 4.78 is 13.2. The Hall–Kier alpha value is -5.46. The van der Waals surface area contributed by atoms with Crippen LogP contribution in [0.15, 0.2) is 81.6 Å². The number of carbonyl (C=O) groups excluding carboxylic acids is 4. The third-order valence-corrected chi connectivity index (χ3v) is 12.3. The molecular weight excluding hydrogens is 757 g/mol. The van der Waals surface area contributed by atoms with Crippen LogP contribution < -0.4 is 22.1 Å². The number of nitrogens with one attached hydrogen (secondary N) is 2. The maximum Gasteiger partial charge on any atom is 0.245 e. The van der Waals surface area contributed by atoms with Gasteiger partial charge in [-0.1, -0.05) is 88.4 Å². The number of fused-ring (bicyclic) bond motifs is 2. The van der Waals surface area contributed by atoms with Crippen molar-refractivity contribution in [3.63, 3.8) is 0 Å². The number of hydrogen-bond donors (Lipinski definition) is 4. The molecule has 6 N–H and O–H groups in total. The van der Waals surface area contributed by atoms with Gasteiger partial charge in [-0.2, -0.15) is 0 Å². The van der Waals surface area contributed by atoms with Crippen LogP contribution in [0, 0.1) is 11.8 Å². The fraction of sp³-hybridized carbons (Fsp3) is 0.458. The number of nitrogens with two attached hydrogens (primary N) is 2. The van der Waals surface area contributed by atoms with Crippen molar-refractivity contribution >= 4 is 45.6 Å². The average molecular weight is 817 g/mol. The van der Waals surface area contributed by atoms with Crippen molar-refractivity contribution in [3.8, 4) is 22.6 Å². The molecule has 2 aromatic heterocycles. The highest BCUT2D eigenvalue weighted by Gasteiger charge is 2.38. The third kappa shape index (κ3) is 8.72. The number of para-hydroxylation sites is 2. The molecule has 60 heavy (non-hydrogen) atoms. The molecule has 5 aromatic rings. The van der Waals surface area contributed by atoms with Crippen molar-refractivity contribution < 1.29 is 28.0 Å². The zero-order valence-electron chi connectivity index (χ0n) is 35.7. The van der Waals surface area contributed by atoms with Gasteiger partial charge in [-0.05, 0) is 76.3 Å². The van der Waals surface area contributed by atoms with Gasteiger partial charge in [0.15, 0.2) is 0 Å². The van der Waals surface area contributed by atoms with E-state index in [0.29, 0.717) is 25.9 Å². The summed E-state index contributed by atoms with van der Waals surface area (Å²) in [5.41, 5.74) is 17.1. The lowest BCUT2D eigenvalue weighted by Gasteiger charge is -2.31. The molecule has 0 bridgehead atoms. The Bertz CT molecular complexity index is 2180. The van der Waals surface area contributed by atoms with Crippen molar-refractivity contribution in [2.45, 2.75) is 116 Å². The minimum Gasteiger partial charge on any atom is -0.456 e. The van der Waals surface area contributed by atoms with Crippen LogP contribution in [-0.4, -0.2) is 82.8 Å². The van der Waals surface area contributed by atoms with E-state index in [1.807, 2.05) is 73.9 Å². The Morgan fingerprint density at radius 2 is 0.967 bits per heavy atom. The molecule has 2 aliphatic rings. The summed E-state index contributed by atoms with van der Waals surface area (Å²) in [6, 6.07) is 21.4. The van der Waals surface area contributed by atoms with E-state index in [9.17, 15) is 19.2 Å². The number of hydrogen-bond acceptors (Lipinski definition) is 8. The molecule has 2 saturated heterocycles. The zero-order valence-corrected chi connectivity index (χ0v) is 35.7. The monoisotopic (exact) mass is 816 g/mol. The standard InChI is InChI=1S/C48H60N6O6/c1-27(2)41(51-45(55)29(5)49)47(57)53-23-11-13-33(53)25-37-35-15-7-9-17-39(35)59-43(37)31-19-21-32(22-20-31)44-38(36-16-8-10-18-40(36)60-44)26-34-14-12-24-54(34)48(58)42(28(3)4)52-46(56)30(6)50/h7-10,15-22,27-30,33-34,41-42H,11-14,23-26,49-50H2,1-6H3,(H,51,55)(H,52,56)/t29-,30-,33-,34-,41-,42-/m0/s1. The number of rotatable bonds is 14. The molecule has 4 amide bonds. The normalized spacial score (nSPS) is 19.0. The minimum absolute atomic E-state index is 0.0681. The first-order valence-corrected chi connectivity index (χ1v) is 21.6. The molecule has 0 radical (unpaired) electrons. The highest BCUT2D eigenvalue weighted by Crippen LogP contribution is 2.40. The lowest BCUT2D eigenvalue weighted by atomic mass is 9.95. The number of likely N-dealkylation sites (tertiary alicyclic amines) is 2. The van der Waals surface area contributed by atoms with Crippen LogP contribution >= 0.6 is 0 Å². The predicted molar refractivity (Wildman–Crippen MR) is 235 cm³/mol. The summed E-state index contributed by atoms with van der Waals surface area (Å²) in [6.45, 7) is 12.2. The first kappa shape index (κ1) is 42.7. The first-order chi connectivity index (χ1) is 28.7. The molecule has 2 aliphatic heterocycles. The molecule has 0 aliphatic carbocycles. The van der Waals surface area contributed by atoms with Gasteiger partial charge >= 0.3 is 0 Å². The third-order valence-electron chi connectivity index (χ3n) is 12.3. The Morgan fingerprint density at radius 1 is 0.600 bits per heavy atom. The Kier molecular flexibility index (Phi) is 12.8. The Balaban J connectivity index is 1.17. The topological polar surface area (TPSA) is 177 Å². The highest BCUT2D eigenvalue weighted by molar-refractivity contribution is 5.93. The van der Waals surface area contributed by atoms with Crippen LogP contribution in [0.3, 0.4) is 0 Å². The predicted octanol–water partition coefficient (Wildman–Crippen LogP) is 6.56. The number of benzene rings is 3. The highest BCUT2D eigenvalue weighted by atomic mass is 16.3. The number of amides is 4. The Labute approximate surface area is 352 Å². The van der Waals surface area contributed by atoms with Gasteiger partial charge in [0.25, 0.3) is 0 Å². The van der Waals surface area contributed by atoms with E-state index < -0.39 is 24.2 Å². The quantitative estimate of drug-likeness (QED) is 0.0975. The summed E-state index contributed by atoms with van der Waals surface area (Å²) >= 11 is 0. The molecule has 2 fully saturated rings. The summed E-state index contributed by atoms with van der Waals surface area (Å²) in [5.74, 6) is 0.466. The largest absolute Gasteiger partial charge is 0.456 e. The summed E-state index contributed by atoms with van der Waals surface area (Å²) in [4.78, 5) is 57.1. The van der Waals surface area contributed by atoms with Gasteiger partial charge in [0.2, 0.25) is 23.6 Å². The minimum atomic E-state index is -0.711. The lowest BCUT2D eigenvalue weighted by molar-refractivity contribution is -0.138.